The number of phenols is 1. The van der Waals surface area contributed by atoms with Crippen LogP contribution in [0.2, 0.25) is 0 Å². The van der Waals surface area contributed by atoms with Gasteiger partial charge in [-0.05, 0) is 30.7 Å². The summed E-state index contributed by atoms with van der Waals surface area (Å²) in [6.07, 6.45) is 1.29. The molecule has 0 fully saturated rings. The molecular weight excluding hydrogens is 376 g/mol. The van der Waals surface area contributed by atoms with Gasteiger partial charge in [-0.25, -0.2) is 9.59 Å². The van der Waals surface area contributed by atoms with Crippen molar-refractivity contribution in [3.8, 4) is 11.5 Å². The Hall–Kier alpha value is -3.81. The summed E-state index contributed by atoms with van der Waals surface area (Å²) in [5, 5.41) is 14.2. The first-order chi connectivity index (χ1) is 13.9. The Balaban J connectivity index is 2.14. The lowest BCUT2D eigenvalue weighted by Gasteiger charge is -2.16. The Labute approximate surface area is 168 Å². The molecule has 152 valence electrons. The smallest absolute Gasteiger partial charge is 0.331 e. The first-order valence-electron chi connectivity index (χ1n) is 8.84. The number of benzene rings is 2. The average Bonchev–Trinajstić information content (AvgIpc) is 2.72. The van der Waals surface area contributed by atoms with Crippen molar-refractivity contribution in [1.82, 2.24) is 10.6 Å². The number of ether oxygens (including phenoxy) is 2. The van der Waals surface area contributed by atoms with Gasteiger partial charge in [0.2, 0.25) is 6.10 Å². The lowest BCUT2D eigenvalue weighted by Crippen LogP contribution is -2.42. The van der Waals surface area contributed by atoms with E-state index >= 15 is 0 Å². The van der Waals surface area contributed by atoms with E-state index in [1.54, 1.807) is 43.3 Å². The highest BCUT2D eigenvalue weighted by Gasteiger charge is 2.25. The summed E-state index contributed by atoms with van der Waals surface area (Å²) in [6, 6.07) is 12.2. The summed E-state index contributed by atoms with van der Waals surface area (Å²) in [5.74, 6) is -1.32. The molecule has 0 saturated heterocycles. The van der Waals surface area contributed by atoms with Crippen LogP contribution in [0.5, 0.6) is 11.5 Å². The third-order valence-electron chi connectivity index (χ3n) is 3.76. The number of aromatic hydroxyl groups is 1. The maximum absolute atomic E-state index is 12.4. The molecule has 8 heteroatoms. The van der Waals surface area contributed by atoms with E-state index in [0.717, 1.165) is 6.08 Å². The van der Waals surface area contributed by atoms with Crippen molar-refractivity contribution in [3.63, 3.8) is 0 Å². The fraction of sp³-hybridized carbons (Fsp3) is 0.190. The highest BCUT2D eigenvalue weighted by atomic mass is 16.5. The van der Waals surface area contributed by atoms with E-state index in [-0.39, 0.29) is 11.5 Å². The number of rotatable bonds is 7. The van der Waals surface area contributed by atoms with Crippen LogP contribution in [0.4, 0.5) is 4.79 Å². The van der Waals surface area contributed by atoms with Crippen molar-refractivity contribution in [2.45, 2.75) is 13.0 Å². The summed E-state index contributed by atoms with van der Waals surface area (Å²) in [5.41, 5.74) is 1.00. The molecule has 2 rings (SSSR count). The zero-order chi connectivity index (χ0) is 21.2. The van der Waals surface area contributed by atoms with Crippen LogP contribution in [0.25, 0.3) is 6.08 Å². The fourth-order valence-corrected chi connectivity index (χ4v) is 2.40. The summed E-state index contributed by atoms with van der Waals surface area (Å²) >= 11 is 0. The molecule has 0 aliphatic carbocycles. The van der Waals surface area contributed by atoms with Gasteiger partial charge in [0.1, 0.15) is 0 Å². The summed E-state index contributed by atoms with van der Waals surface area (Å²) < 4.78 is 10.3. The third kappa shape index (κ3) is 6.39. The predicted octanol–water partition coefficient (Wildman–Crippen LogP) is 2.54. The fourth-order valence-electron chi connectivity index (χ4n) is 2.40. The molecule has 2 aromatic rings. The molecule has 0 aliphatic heterocycles. The number of hydrogen-bond donors (Lipinski definition) is 3. The van der Waals surface area contributed by atoms with Gasteiger partial charge in [0, 0.05) is 18.2 Å². The van der Waals surface area contributed by atoms with Gasteiger partial charge in [0.15, 0.2) is 11.5 Å². The van der Waals surface area contributed by atoms with Crippen molar-refractivity contribution in [2.24, 2.45) is 0 Å². The standard InChI is InChI=1S/C21H22N2O6/c1-3-22-21(27)23-20(26)19(15-7-5-4-6-8-15)29-18(25)12-10-14-9-11-16(24)17(13-14)28-2/h4-13,19,24H,3H2,1-2H3,(H2,22,23,26,27)/b12-10+/t19-/m1/s1. The zero-order valence-corrected chi connectivity index (χ0v) is 16.0. The minimum atomic E-state index is -1.30. The summed E-state index contributed by atoms with van der Waals surface area (Å²) in [6.45, 7) is 2.05. The van der Waals surface area contributed by atoms with Crippen molar-refractivity contribution in [1.29, 1.82) is 0 Å². The molecule has 29 heavy (non-hydrogen) atoms. The van der Waals surface area contributed by atoms with Crippen molar-refractivity contribution in [2.75, 3.05) is 13.7 Å². The van der Waals surface area contributed by atoms with Crippen LogP contribution in [0.3, 0.4) is 0 Å². The maximum atomic E-state index is 12.4. The van der Waals surface area contributed by atoms with Crippen LogP contribution in [0, 0.1) is 0 Å². The molecule has 0 bridgehead atoms. The Morgan fingerprint density at radius 3 is 2.52 bits per heavy atom. The van der Waals surface area contributed by atoms with E-state index in [0.29, 0.717) is 17.7 Å². The van der Waals surface area contributed by atoms with Crippen LogP contribution in [0.1, 0.15) is 24.2 Å². The maximum Gasteiger partial charge on any atom is 0.331 e. The van der Waals surface area contributed by atoms with Crippen molar-refractivity contribution < 1.29 is 29.0 Å². The van der Waals surface area contributed by atoms with E-state index < -0.39 is 24.0 Å². The number of nitrogens with one attached hydrogen (secondary N) is 2. The predicted molar refractivity (Wildman–Crippen MR) is 106 cm³/mol. The van der Waals surface area contributed by atoms with E-state index in [1.165, 1.54) is 25.3 Å². The molecule has 0 saturated carbocycles. The Bertz CT molecular complexity index is 895. The van der Waals surface area contributed by atoms with E-state index in [2.05, 4.69) is 10.6 Å². The molecule has 3 amide bonds. The molecule has 0 heterocycles. The van der Waals surface area contributed by atoms with Gasteiger partial charge >= 0.3 is 12.0 Å². The number of carbonyl (C=O) groups is 3. The first-order valence-corrected chi connectivity index (χ1v) is 8.84. The van der Waals surface area contributed by atoms with Gasteiger partial charge in [0.25, 0.3) is 5.91 Å². The van der Waals surface area contributed by atoms with Gasteiger partial charge < -0.3 is 19.9 Å². The highest BCUT2D eigenvalue weighted by Crippen LogP contribution is 2.26. The lowest BCUT2D eigenvalue weighted by molar-refractivity contribution is -0.151. The van der Waals surface area contributed by atoms with Crippen LogP contribution in [-0.4, -0.2) is 36.7 Å². The van der Waals surface area contributed by atoms with Gasteiger partial charge in [-0.15, -0.1) is 0 Å². The number of imide groups is 1. The lowest BCUT2D eigenvalue weighted by atomic mass is 10.1. The second-order valence-electron chi connectivity index (χ2n) is 5.84. The molecule has 3 N–H and O–H groups in total. The number of phenolic OH excluding ortho intramolecular Hbond substituents is 1. The number of methoxy groups -OCH3 is 1. The SMILES string of the molecule is CCNC(=O)NC(=O)[C@H](OC(=O)/C=C/c1ccc(O)c(OC)c1)c1ccccc1. The van der Waals surface area contributed by atoms with Crippen LogP contribution < -0.4 is 15.4 Å². The number of urea groups is 1. The average molecular weight is 398 g/mol. The van der Waals surface area contributed by atoms with Crippen LogP contribution in [0.15, 0.2) is 54.6 Å². The van der Waals surface area contributed by atoms with Crippen molar-refractivity contribution in [3.05, 3.63) is 65.7 Å². The summed E-state index contributed by atoms with van der Waals surface area (Å²) in [7, 11) is 1.41. The van der Waals surface area contributed by atoms with E-state index in [1.807, 2.05) is 0 Å². The molecule has 1 atom stereocenters. The Morgan fingerprint density at radius 2 is 1.86 bits per heavy atom. The monoisotopic (exact) mass is 398 g/mol. The topological polar surface area (TPSA) is 114 Å². The van der Waals surface area contributed by atoms with E-state index in [4.69, 9.17) is 9.47 Å². The first kappa shape index (κ1) is 21.5. The Morgan fingerprint density at radius 1 is 1.14 bits per heavy atom. The van der Waals surface area contributed by atoms with Gasteiger partial charge in [0.05, 0.1) is 7.11 Å². The Kier molecular flexibility index (Phi) is 7.78. The number of carbonyl (C=O) groups excluding carboxylic acids is 3. The molecule has 8 nitrogen and oxygen atoms in total. The second kappa shape index (κ2) is 10.5. The molecular formula is C21H22N2O6. The molecule has 0 radical (unpaired) electrons. The number of amides is 3. The molecule has 0 aliphatic rings. The highest BCUT2D eigenvalue weighted by molar-refractivity contribution is 5.98. The molecule has 2 aromatic carbocycles. The van der Waals surface area contributed by atoms with Gasteiger partial charge in [-0.3, -0.25) is 10.1 Å². The molecule has 0 aromatic heterocycles. The normalized spacial score (nSPS) is 11.5. The van der Waals surface area contributed by atoms with Crippen molar-refractivity contribution >= 4 is 24.0 Å². The summed E-state index contributed by atoms with van der Waals surface area (Å²) in [4.78, 5) is 36.4. The number of hydrogen-bond acceptors (Lipinski definition) is 6. The van der Waals surface area contributed by atoms with Crippen LogP contribution in [-0.2, 0) is 14.3 Å². The molecule has 0 spiro atoms. The second-order valence-corrected chi connectivity index (χ2v) is 5.84. The zero-order valence-electron chi connectivity index (χ0n) is 16.0. The quantitative estimate of drug-likeness (QED) is 0.488. The van der Waals surface area contributed by atoms with Gasteiger partial charge in [-0.2, -0.15) is 0 Å². The van der Waals surface area contributed by atoms with E-state index in [9.17, 15) is 19.5 Å². The number of esters is 1. The third-order valence-corrected chi connectivity index (χ3v) is 3.76. The largest absolute Gasteiger partial charge is 0.504 e. The molecule has 0 unspecified atom stereocenters. The minimum Gasteiger partial charge on any atom is -0.504 e. The van der Waals surface area contributed by atoms with Gasteiger partial charge in [-0.1, -0.05) is 36.4 Å². The minimum absolute atomic E-state index is 0.0293. The van der Waals surface area contributed by atoms with Crippen LogP contribution >= 0.6 is 0 Å².